The fourth-order valence-corrected chi connectivity index (χ4v) is 1.49. The Morgan fingerprint density at radius 3 is 3.06 bits per heavy atom. The van der Waals surface area contributed by atoms with E-state index in [9.17, 15) is 4.79 Å². The lowest BCUT2D eigenvalue weighted by Crippen LogP contribution is -2.27. The van der Waals surface area contributed by atoms with E-state index >= 15 is 0 Å². The van der Waals surface area contributed by atoms with Gasteiger partial charge in [0.15, 0.2) is 0 Å². The fraction of sp³-hybridized carbons (Fsp3) is 0.300. The summed E-state index contributed by atoms with van der Waals surface area (Å²) in [5.41, 5.74) is 6.20. The summed E-state index contributed by atoms with van der Waals surface area (Å²) in [5, 5.41) is 8.99. The first-order chi connectivity index (χ1) is 8.18. The summed E-state index contributed by atoms with van der Waals surface area (Å²) >= 11 is 0. The van der Waals surface area contributed by atoms with Crippen molar-refractivity contribution in [3.05, 3.63) is 30.1 Å². The molecule has 0 saturated heterocycles. The van der Waals surface area contributed by atoms with Gasteiger partial charge in [-0.3, -0.25) is 9.89 Å². The van der Waals surface area contributed by atoms with Crippen LogP contribution in [0.1, 0.15) is 16.3 Å². The SMILES string of the molecule is Cn1ccnc1CCNC(=O)c1[nH]ncc1N. The molecule has 0 saturated carbocycles. The van der Waals surface area contributed by atoms with Crippen molar-refractivity contribution in [2.45, 2.75) is 6.42 Å². The van der Waals surface area contributed by atoms with E-state index in [2.05, 4.69) is 20.5 Å². The molecule has 7 nitrogen and oxygen atoms in total. The summed E-state index contributed by atoms with van der Waals surface area (Å²) in [6.45, 7) is 0.502. The zero-order valence-electron chi connectivity index (χ0n) is 9.47. The van der Waals surface area contributed by atoms with Crippen molar-refractivity contribution in [2.75, 3.05) is 12.3 Å². The predicted octanol–water partition coefficient (Wildman–Crippen LogP) is -0.302. The molecule has 0 aliphatic rings. The first-order valence-electron chi connectivity index (χ1n) is 5.21. The highest BCUT2D eigenvalue weighted by Gasteiger charge is 2.10. The third-order valence-corrected chi connectivity index (χ3v) is 2.45. The number of aromatic nitrogens is 4. The minimum Gasteiger partial charge on any atom is -0.396 e. The number of rotatable bonds is 4. The quantitative estimate of drug-likeness (QED) is 0.675. The van der Waals surface area contributed by atoms with Gasteiger partial charge in [0.25, 0.3) is 5.91 Å². The summed E-state index contributed by atoms with van der Waals surface area (Å²) in [5.74, 6) is 0.664. The molecule has 2 heterocycles. The van der Waals surface area contributed by atoms with E-state index in [4.69, 9.17) is 5.73 Å². The number of imidazole rings is 1. The number of nitrogens with zero attached hydrogens (tertiary/aromatic N) is 3. The van der Waals surface area contributed by atoms with Gasteiger partial charge in [0, 0.05) is 32.4 Å². The number of hydrogen-bond donors (Lipinski definition) is 3. The molecule has 4 N–H and O–H groups in total. The topological polar surface area (TPSA) is 102 Å². The highest BCUT2D eigenvalue weighted by Crippen LogP contribution is 2.05. The first kappa shape index (κ1) is 11.2. The Morgan fingerprint density at radius 2 is 2.47 bits per heavy atom. The minimum absolute atomic E-state index is 0.255. The fourth-order valence-electron chi connectivity index (χ4n) is 1.49. The van der Waals surface area contributed by atoms with Gasteiger partial charge in [0.1, 0.15) is 11.5 Å². The van der Waals surface area contributed by atoms with Crippen LogP contribution in [-0.2, 0) is 13.5 Å². The van der Waals surface area contributed by atoms with Gasteiger partial charge in [0.05, 0.1) is 11.9 Å². The van der Waals surface area contributed by atoms with E-state index in [1.165, 1.54) is 6.20 Å². The van der Waals surface area contributed by atoms with Crippen LogP contribution in [0.2, 0.25) is 0 Å². The molecule has 0 atom stereocenters. The van der Waals surface area contributed by atoms with Crippen molar-refractivity contribution in [3.8, 4) is 0 Å². The van der Waals surface area contributed by atoms with Crippen LogP contribution in [0.4, 0.5) is 5.69 Å². The van der Waals surface area contributed by atoms with Crippen molar-refractivity contribution in [1.29, 1.82) is 0 Å². The van der Waals surface area contributed by atoms with Crippen LogP contribution >= 0.6 is 0 Å². The van der Waals surface area contributed by atoms with Crippen LogP contribution in [0.3, 0.4) is 0 Å². The maximum Gasteiger partial charge on any atom is 0.271 e. The Kier molecular flexibility index (Phi) is 3.08. The van der Waals surface area contributed by atoms with Crippen molar-refractivity contribution in [1.82, 2.24) is 25.1 Å². The van der Waals surface area contributed by atoms with Crippen molar-refractivity contribution >= 4 is 11.6 Å². The second-order valence-electron chi connectivity index (χ2n) is 3.66. The zero-order valence-corrected chi connectivity index (χ0v) is 9.47. The summed E-state index contributed by atoms with van der Waals surface area (Å²) in [7, 11) is 1.91. The van der Waals surface area contributed by atoms with Gasteiger partial charge in [-0.15, -0.1) is 0 Å². The van der Waals surface area contributed by atoms with Gasteiger partial charge in [-0.2, -0.15) is 5.10 Å². The van der Waals surface area contributed by atoms with E-state index in [-0.39, 0.29) is 5.91 Å². The number of carbonyl (C=O) groups excluding carboxylic acids is 1. The average Bonchev–Trinajstić information content (AvgIpc) is 2.88. The maximum atomic E-state index is 11.7. The number of amides is 1. The second-order valence-corrected chi connectivity index (χ2v) is 3.66. The highest BCUT2D eigenvalue weighted by atomic mass is 16.1. The zero-order chi connectivity index (χ0) is 12.3. The monoisotopic (exact) mass is 234 g/mol. The molecule has 2 aromatic heterocycles. The normalized spacial score (nSPS) is 10.4. The molecule has 0 spiro atoms. The number of anilines is 1. The molecule has 0 unspecified atom stereocenters. The second kappa shape index (κ2) is 4.69. The smallest absolute Gasteiger partial charge is 0.271 e. The lowest BCUT2D eigenvalue weighted by Gasteiger charge is -2.04. The Balaban J connectivity index is 1.86. The van der Waals surface area contributed by atoms with Crippen molar-refractivity contribution in [3.63, 3.8) is 0 Å². The van der Waals surface area contributed by atoms with Crippen LogP contribution in [0, 0.1) is 0 Å². The Hall–Kier alpha value is -2.31. The number of H-pyrrole nitrogens is 1. The summed E-state index contributed by atoms with van der Waals surface area (Å²) < 4.78 is 1.91. The molecule has 0 aliphatic heterocycles. The summed E-state index contributed by atoms with van der Waals surface area (Å²) in [4.78, 5) is 15.8. The molecular weight excluding hydrogens is 220 g/mol. The molecule has 0 radical (unpaired) electrons. The average molecular weight is 234 g/mol. The van der Waals surface area contributed by atoms with Crippen LogP contribution in [0.15, 0.2) is 18.6 Å². The van der Waals surface area contributed by atoms with E-state index < -0.39 is 0 Å². The molecular formula is C10H14N6O. The molecule has 90 valence electrons. The highest BCUT2D eigenvalue weighted by molar-refractivity contribution is 5.96. The van der Waals surface area contributed by atoms with Gasteiger partial charge in [-0.25, -0.2) is 4.98 Å². The number of hydrogen-bond acceptors (Lipinski definition) is 4. The summed E-state index contributed by atoms with van der Waals surface area (Å²) in [6, 6.07) is 0. The molecule has 2 aromatic rings. The third kappa shape index (κ3) is 2.44. The number of nitrogens with one attached hydrogen (secondary N) is 2. The maximum absolute atomic E-state index is 11.7. The van der Waals surface area contributed by atoms with Crippen LogP contribution < -0.4 is 11.1 Å². The van der Waals surface area contributed by atoms with Gasteiger partial charge in [0.2, 0.25) is 0 Å². The van der Waals surface area contributed by atoms with Gasteiger partial charge >= 0.3 is 0 Å². The Labute approximate surface area is 98.0 Å². The van der Waals surface area contributed by atoms with Gasteiger partial charge in [-0.05, 0) is 0 Å². The standard InChI is InChI=1S/C10H14N6O/c1-16-5-4-12-8(16)2-3-13-10(17)9-7(11)6-14-15-9/h4-6H,2-3,11H2,1H3,(H,13,17)(H,14,15). The molecule has 0 fully saturated rings. The molecule has 2 rings (SSSR count). The molecule has 0 aromatic carbocycles. The molecule has 17 heavy (non-hydrogen) atoms. The number of carbonyl (C=O) groups is 1. The number of nitrogens with two attached hydrogens (primary N) is 1. The molecule has 0 bridgehead atoms. The first-order valence-corrected chi connectivity index (χ1v) is 5.21. The molecule has 7 heteroatoms. The Morgan fingerprint density at radius 1 is 1.65 bits per heavy atom. The Bertz CT molecular complexity index is 514. The number of aromatic amines is 1. The van der Waals surface area contributed by atoms with Crippen molar-refractivity contribution in [2.24, 2.45) is 7.05 Å². The van der Waals surface area contributed by atoms with E-state index in [1.807, 2.05) is 17.8 Å². The van der Waals surface area contributed by atoms with Gasteiger partial charge in [-0.1, -0.05) is 0 Å². The van der Waals surface area contributed by atoms with Crippen LogP contribution in [0.25, 0.3) is 0 Å². The van der Waals surface area contributed by atoms with E-state index in [1.54, 1.807) is 6.20 Å². The molecule has 1 amide bonds. The third-order valence-electron chi connectivity index (χ3n) is 2.45. The summed E-state index contributed by atoms with van der Waals surface area (Å²) in [6.07, 6.45) is 5.67. The van der Waals surface area contributed by atoms with E-state index in [0.29, 0.717) is 24.3 Å². The van der Waals surface area contributed by atoms with Crippen molar-refractivity contribution < 1.29 is 4.79 Å². The number of nitrogen functional groups attached to an aromatic ring is 1. The van der Waals surface area contributed by atoms with E-state index in [0.717, 1.165) is 5.82 Å². The predicted molar refractivity (Wildman–Crippen MR) is 62.2 cm³/mol. The molecule has 0 aliphatic carbocycles. The number of aryl methyl sites for hydroxylation is 1. The lowest BCUT2D eigenvalue weighted by molar-refractivity contribution is 0.0950. The minimum atomic E-state index is -0.255. The van der Waals surface area contributed by atoms with Crippen LogP contribution in [-0.4, -0.2) is 32.2 Å². The van der Waals surface area contributed by atoms with Gasteiger partial charge < -0.3 is 15.6 Å². The van der Waals surface area contributed by atoms with Crippen LogP contribution in [0.5, 0.6) is 0 Å². The lowest BCUT2D eigenvalue weighted by atomic mass is 10.3. The largest absolute Gasteiger partial charge is 0.396 e.